The van der Waals surface area contributed by atoms with Gasteiger partial charge in [-0.1, -0.05) is 24.6 Å². The van der Waals surface area contributed by atoms with Crippen molar-refractivity contribution in [1.82, 2.24) is 38.8 Å². The maximum absolute atomic E-state index is 14.2. The third-order valence-electron chi connectivity index (χ3n) is 9.02. The summed E-state index contributed by atoms with van der Waals surface area (Å²) >= 11 is 6.17. The van der Waals surface area contributed by atoms with Crippen LogP contribution in [0.4, 0.5) is 24.5 Å². The van der Waals surface area contributed by atoms with Crippen molar-refractivity contribution < 1.29 is 27.5 Å². The van der Waals surface area contributed by atoms with Gasteiger partial charge in [-0.3, -0.25) is 23.9 Å². The molecule has 3 aromatic heterocycles. The second kappa shape index (κ2) is 12.2. The number of aryl methyl sites for hydroxylation is 1. The van der Waals surface area contributed by atoms with Crippen molar-refractivity contribution in [3.05, 3.63) is 73.0 Å². The molecule has 0 bridgehead atoms. The molecule has 19 heteroatoms. The number of alkyl halides is 3. The summed E-state index contributed by atoms with van der Waals surface area (Å²) in [5.74, 6) is -0.965. The lowest BCUT2D eigenvalue weighted by Gasteiger charge is -2.36. The number of nitrogens with one attached hydrogen (secondary N) is 2. The molecule has 49 heavy (non-hydrogen) atoms. The monoisotopic (exact) mass is 702 g/mol. The van der Waals surface area contributed by atoms with E-state index in [0.29, 0.717) is 36.8 Å². The SMILES string of the molecule is CC1CC(C(=O)Nc2ccc(C(F)(F)F)cc2Cl)n2c1c(N1CCN(C(=O)c3nn(C)c(=O)[nH]3)CC1)c(=O)n1nc(C3=CCOCC3)nc21. The van der Waals surface area contributed by atoms with Gasteiger partial charge in [-0.2, -0.15) is 22.7 Å². The van der Waals surface area contributed by atoms with Crippen LogP contribution >= 0.6 is 11.6 Å². The zero-order valence-corrected chi connectivity index (χ0v) is 27.0. The van der Waals surface area contributed by atoms with Crippen molar-refractivity contribution in [1.29, 1.82) is 0 Å². The van der Waals surface area contributed by atoms with Crippen molar-refractivity contribution in [2.75, 3.05) is 49.6 Å². The van der Waals surface area contributed by atoms with Crippen molar-refractivity contribution in [3.8, 4) is 0 Å². The molecule has 0 aliphatic carbocycles. The van der Waals surface area contributed by atoms with Crippen LogP contribution in [0.3, 0.4) is 0 Å². The van der Waals surface area contributed by atoms with Gasteiger partial charge in [-0.15, -0.1) is 10.2 Å². The van der Waals surface area contributed by atoms with E-state index in [1.807, 2.05) is 17.9 Å². The van der Waals surface area contributed by atoms with Crippen LogP contribution in [0.25, 0.3) is 11.4 Å². The number of rotatable bonds is 5. The number of amides is 2. The fraction of sp³-hybridized carbons (Fsp3) is 0.433. The number of piperazine rings is 1. The highest BCUT2D eigenvalue weighted by Crippen LogP contribution is 2.42. The summed E-state index contributed by atoms with van der Waals surface area (Å²) in [5, 5.41) is 10.9. The zero-order chi connectivity index (χ0) is 34.8. The fourth-order valence-corrected chi connectivity index (χ4v) is 6.76. The maximum Gasteiger partial charge on any atom is 0.416 e. The third-order valence-corrected chi connectivity index (χ3v) is 9.33. The molecule has 2 atom stereocenters. The number of nitrogens with zero attached hydrogens (tertiary/aromatic N) is 8. The van der Waals surface area contributed by atoms with E-state index in [4.69, 9.17) is 21.3 Å². The molecule has 3 aliphatic rings. The Morgan fingerprint density at radius 1 is 1.12 bits per heavy atom. The predicted octanol–water partition coefficient (Wildman–Crippen LogP) is 2.44. The summed E-state index contributed by atoms with van der Waals surface area (Å²) in [6.07, 6.45) is -2.00. The van der Waals surface area contributed by atoms with Crippen molar-refractivity contribution >= 4 is 46.1 Å². The molecule has 0 spiro atoms. The number of anilines is 2. The van der Waals surface area contributed by atoms with Gasteiger partial charge in [0.05, 0.1) is 35.2 Å². The zero-order valence-electron chi connectivity index (χ0n) is 26.3. The van der Waals surface area contributed by atoms with Crippen LogP contribution in [-0.4, -0.2) is 90.0 Å². The smallest absolute Gasteiger partial charge is 0.377 e. The highest BCUT2D eigenvalue weighted by molar-refractivity contribution is 6.33. The molecule has 0 radical (unpaired) electrons. The maximum atomic E-state index is 14.2. The highest BCUT2D eigenvalue weighted by Gasteiger charge is 2.41. The summed E-state index contributed by atoms with van der Waals surface area (Å²) in [6, 6.07) is 1.76. The molecule has 0 saturated carbocycles. The number of fused-ring (bicyclic) bond motifs is 3. The minimum atomic E-state index is -4.61. The average molecular weight is 703 g/mol. The molecule has 6 heterocycles. The van der Waals surface area contributed by atoms with Crippen molar-refractivity contribution in [3.63, 3.8) is 0 Å². The normalized spacial score (nSPS) is 19.7. The van der Waals surface area contributed by atoms with Gasteiger partial charge in [-0.25, -0.2) is 9.48 Å². The molecular formula is C30H30ClF3N10O5. The highest BCUT2D eigenvalue weighted by atomic mass is 35.5. The average Bonchev–Trinajstić information content (AvgIpc) is 3.77. The first-order chi connectivity index (χ1) is 23.3. The summed E-state index contributed by atoms with van der Waals surface area (Å²) in [7, 11) is 1.43. The number of H-pyrrole nitrogens is 1. The second-order valence-corrected chi connectivity index (χ2v) is 12.5. The second-order valence-electron chi connectivity index (χ2n) is 12.1. The number of aromatic amines is 1. The number of carbonyl (C=O) groups is 2. The van der Waals surface area contributed by atoms with Crippen LogP contribution in [0.1, 0.15) is 59.4 Å². The molecule has 2 unspecified atom stereocenters. The quantitative estimate of drug-likeness (QED) is 0.318. The topological polar surface area (TPSA) is 165 Å². The number of carbonyl (C=O) groups excluding carboxylic acids is 2. The van der Waals surface area contributed by atoms with E-state index < -0.39 is 40.8 Å². The van der Waals surface area contributed by atoms with E-state index in [2.05, 4.69) is 20.5 Å². The Bertz CT molecular complexity index is 2140. The summed E-state index contributed by atoms with van der Waals surface area (Å²) in [5.41, 5.74) is -0.275. The number of benzene rings is 1. The van der Waals surface area contributed by atoms with E-state index in [9.17, 15) is 32.3 Å². The predicted molar refractivity (Wildman–Crippen MR) is 170 cm³/mol. The molecule has 1 fully saturated rings. The number of hydrogen-bond donors (Lipinski definition) is 2. The molecule has 15 nitrogen and oxygen atoms in total. The molecule has 7 rings (SSSR count). The van der Waals surface area contributed by atoms with Crippen LogP contribution in [0.15, 0.2) is 33.9 Å². The molecule has 2 N–H and O–H groups in total. The van der Waals surface area contributed by atoms with Gasteiger partial charge < -0.3 is 19.9 Å². The van der Waals surface area contributed by atoms with Crippen LogP contribution in [0.2, 0.25) is 5.02 Å². The van der Waals surface area contributed by atoms with Crippen LogP contribution in [-0.2, 0) is 22.8 Å². The minimum Gasteiger partial charge on any atom is -0.377 e. The number of aromatic nitrogens is 7. The Hall–Kier alpha value is -4.97. The lowest BCUT2D eigenvalue weighted by Crippen LogP contribution is -2.51. The summed E-state index contributed by atoms with van der Waals surface area (Å²) in [6.45, 7) is 3.63. The number of halogens is 4. The van der Waals surface area contributed by atoms with Gasteiger partial charge in [-0.05, 0) is 36.6 Å². The molecule has 258 valence electrons. The molecule has 4 aromatic rings. The van der Waals surface area contributed by atoms with Gasteiger partial charge in [0.2, 0.25) is 17.5 Å². The van der Waals surface area contributed by atoms with Crippen LogP contribution < -0.4 is 21.5 Å². The molecular weight excluding hydrogens is 673 g/mol. The Labute approximate surface area is 279 Å². The van der Waals surface area contributed by atoms with Crippen molar-refractivity contribution in [2.24, 2.45) is 7.05 Å². The largest absolute Gasteiger partial charge is 0.416 e. The first-order valence-corrected chi connectivity index (χ1v) is 15.9. The first-order valence-electron chi connectivity index (χ1n) is 15.5. The van der Waals surface area contributed by atoms with Gasteiger partial charge in [0.15, 0.2) is 5.82 Å². The van der Waals surface area contributed by atoms with Crippen LogP contribution in [0.5, 0.6) is 0 Å². The van der Waals surface area contributed by atoms with Gasteiger partial charge in [0.25, 0.3) is 11.5 Å². The fourth-order valence-electron chi connectivity index (χ4n) is 6.54. The number of hydrogen-bond acceptors (Lipinski definition) is 9. The first kappa shape index (κ1) is 32.6. The van der Waals surface area contributed by atoms with E-state index in [-0.39, 0.29) is 60.8 Å². The summed E-state index contributed by atoms with van der Waals surface area (Å²) in [4.78, 5) is 63.5. The van der Waals surface area contributed by atoms with Gasteiger partial charge in [0, 0.05) is 39.1 Å². The standard InChI is InChI=1S/C30H30ClF3N10O5/c1-15-13-20(25(45)35-19-4-3-17(14-18(19)31)30(32,33)34)43-21(15)22(26(46)44-28(43)36-23(39-44)16-5-11-49-12-6-16)41-7-9-42(10-8-41)27(47)24-37-29(48)40(2)38-24/h3-5,14-15,20H,6-13H2,1-2H3,(H,35,45)(H,37,38,48). The van der Waals surface area contributed by atoms with Crippen molar-refractivity contribution in [2.45, 2.75) is 37.9 Å². The Kier molecular flexibility index (Phi) is 8.09. The summed E-state index contributed by atoms with van der Waals surface area (Å²) < 4.78 is 49.0. The molecule has 1 saturated heterocycles. The van der Waals surface area contributed by atoms with Gasteiger partial charge in [0.1, 0.15) is 11.7 Å². The Balaban J connectivity index is 1.26. The van der Waals surface area contributed by atoms with Gasteiger partial charge >= 0.3 is 11.9 Å². The molecule has 2 amide bonds. The Morgan fingerprint density at radius 3 is 2.51 bits per heavy atom. The number of ether oxygens (including phenoxy) is 1. The van der Waals surface area contributed by atoms with E-state index in [0.717, 1.165) is 28.5 Å². The van der Waals surface area contributed by atoms with E-state index >= 15 is 0 Å². The molecule has 3 aliphatic heterocycles. The minimum absolute atomic E-state index is 0.00242. The molecule has 1 aromatic carbocycles. The Morgan fingerprint density at radius 2 is 1.88 bits per heavy atom. The van der Waals surface area contributed by atoms with E-state index in [1.165, 1.54) is 16.5 Å². The van der Waals surface area contributed by atoms with Crippen LogP contribution in [0, 0.1) is 0 Å². The third kappa shape index (κ3) is 5.77. The van der Waals surface area contributed by atoms with E-state index in [1.54, 1.807) is 4.57 Å². The lowest BCUT2D eigenvalue weighted by atomic mass is 10.0. The lowest BCUT2D eigenvalue weighted by molar-refractivity contribution is -0.137.